The van der Waals surface area contributed by atoms with Gasteiger partial charge < -0.3 is 5.11 Å². The van der Waals surface area contributed by atoms with Crippen molar-refractivity contribution in [2.24, 2.45) is 0 Å². The van der Waals surface area contributed by atoms with E-state index in [0.29, 0.717) is 32.0 Å². The molecule has 4 heterocycles. The zero-order valence-corrected chi connectivity index (χ0v) is 24.1. The third-order valence-corrected chi connectivity index (χ3v) is 9.05. The molecule has 1 saturated heterocycles. The molecule has 1 fully saturated rings. The second-order valence-corrected chi connectivity index (χ2v) is 11.9. The van der Waals surface area contributed by atoms with Crippen molar-refractivity contribution < 1.29 is 19.6 Å². The Bertz CT molecular complexity index is 1900. The van der Waals surface area contributed by atoms with E-state index in [0.717, 1.165) is 16.9 Å². The summed E-state index contributed by atoms with van der Waals surface area (Å²) in [6.07, 6.45) is 1.69. The van der Waals surface area contributed by atoms with Crippen molar-refractivity contribution in [3.05, 3.63) is 116 Å². The number of carbonyl (C=O) groups excluding carboxylic acids is 2. The van der Waals surface area contributed by atoms with Crippen LogP contribution >= 0.6 is 34.7 Å². The largest absolute Gasteiger partial charge is 0.505 e. The van der Waals surface area contributed by atoms with E-state index in [4.69, 9.17) is 11.6 Å². The van der Waals surface area contributed by atoms with E-state index in [1.165, 1.54) is 40.9 Å². The number of ketones is 1. The standard InChI is InChI=1S/C28H19ClN6O5S2/c1-15-22(33-13-3-2-4-20(33)30-15)24(36)21-23(17-7-11-19(12-8-17)35(39)40)34(26(38)25(21)37)27-31-32-28(42-27)41-14-16-5-9-18(29)10-6-16/h2-13,23,36H,14H2,1H3. The van der Waals surface area contributed by atoms with Crippen molar-refractivity contribution in [2.75, 3.05) is 4.90 Å². The van der Waals surface area contributed by atoms with E-state index in [1.807, 2.05) is 12.1 Å². The second kappa shape index (κ2) is 11.0. The molecular weight excluding hydrogens is 600 g/mol. The molecule has 210 valence electrons. The predicted molar refractivity (Wildman–Crippen MR) is 159 cm³/mol. The summed E-state index contributed by atoms with van der Waals surface area (Å²) in [4.78, 5) is 43.5. The molecule has 1 atom stereocenters. The number of thioether (sulfide) groups is 1. The van der Waals surface area contributed by atoms with Crippen LogP contribution in [0.2, 0.25) is 5.02 Å². The molecule has 1 aliphatic rings. The predicted octanol–water partition coefficient (Wildman–Crippen LogP) is 5.97. The van der Waals surface area contributed by atoms with Crippen LogP contribution in [-0.2, 0) is 15.3 Å². The van der Waals surface area contributed by atoms with Gasteiger partial charge in [0, 0.05) is 29.1 Å². The van der Waals surface area contributed by atoms with Crippen LogP contribution in [0.5, 0.6) is 0 Å². The highest BCUT2D eigenvalue weighted by molar-refractivity contribution is 8.00. The molecule has 0 spiro atoms. The Morgan fingerprint density at radius 1 is 1.10 bits per heavy atom. The fourth-order valence-corrected chi connectivity index (χ4v) is 6.68. The number of carbonyl (C=O) groups is 2. The van der Waals surface area contributed by atoms with Gasteiger partial charge >= 0.3 is 5.91 Å². The summed E-state index contributed by atoms with van der Waals surface area (Å²) >= 11 is 8.49. The molecule has 1 unspecified atom stereocenters. The van der Waals surface area contributed by atoms with Crippen LogP contribution in [0.1, 0.15) is 28.6 Å². The Balaban J connectivity index is 1.44. The van der Waals surface area contributed by atoms with Crippen LogP contribution in [0, 0.1) is 17.0 Å². The molecule has 0 saturated carbocycles. The lowest BCUT2D eigenvalue weighted by atomic mass is 9.96. The molecule has 11 nitrogen and oxygen atoms in total. The summed E-state index contributed by atoms with van der Waals surface area (Å²) in [6.45, 7) is 1.69. The summed E-state index contributed by atoms with van der Waals surface area (Å²) in [5.41, 5.74) is 2.29. The van der Waals surface area contributed by atoms with Crippen molar-refractivity contribution in [3.8, 4) is 0 Å². The number of amides is 1. The zero-order chi connectivity index (χ0) is 29.5. The van der Waals surface area contributed by atoms with Gasteiger partial charge in [-0.15, -0.1) is 10.2 Å². The Morgan fingerprint density at radius 3 is 2.55 bits per heavy atom. The number of halogens is 1. The third-order valence-electron chi connectivity index (χ3n) is 6.67. The molecule has 0 radical (unpaired) electrons. The number of nitro benzene ring substituents is 1. The maximum Gasteiger partial charge on any atom is 0.301 e. The number of nitro groups is 1. The fourth-order valence-electron chi connectivity index (χ4n) is 4.73. The first-order valence-electron chi connectivity index (χ1n) is 12.4. The number of Topliss-reactive ketones (excluding diaryl/α,β-unsaturated/α-hetero) is 1. The van der Waals surface area contributed by atoms with E-state index in [2.05, 4.69) is 15.2 Å². The van der Waals surface area contributed by atoms with Crippen LogP contribution in [0.3, 0.4) is 0 Å². The van der Waals surface area contributed by atoms with Gasteiger partial charge in [-0.3, -0.25) is 29.0 Å². The summed E-state index contributed by atoms with van der Waals surface area (Å²) in [7, 11) is 0. The van der Waals surface area contributed by atoms with Crippen LogP contribution in [0.4, 0.5) is 10.8 Å². The molecule has 5 aromatic rings. The average Bonchev–Trinajstić information content (AvgIpc) is 3.66. The van der Waals surface area contributed by atoms with Crippen LogP contribution in [-0.4, -0.2) is 41.3 Å². The van der Waals surface area contributed by atoms with Gasteiger partial charge in [-0.1, -0.05) is 52.9 Å². The average molecular weight is 619 g/mol. The van der Waals surface area contributed by atoms with Crippen molar-refractivity contribution in [1.29, 1.82) is 0 Å². The molecule has 1 N–H and O–H groups in total. The molecule has 2 aromatic carbocycles. The maximum atomic E-state index is 13.6. The van der Waals surface area contributed by atoms with Gasteiger partial charge in [-0.25, -0.2) is 4.98 Å². The number of hydrogen-bond donors (Lipinski definition) is 1. The highest BCUT2D eigenvalue weighted by atomic mass is 35.5. The van der Waals surface area contributed by atoms with Gasteiger partial charge in [-0.2, -0.15) is 0 Å². The number of pyridine rings is 1. The van der Waals surface area contributed by atoms with E-state index in [1.54, 1.807) is 47.9 Å². The molecule has 42 heavy (non-hydrogen) atoms. The summed E-state index contributed by atoms with van der Waals surface area (Å²) in [5, 5.41) is 32.1. The Kier molecular flexibility index (Phi) is 7.22. The number of anilines is 1. The second-order valence-electron chi connectivity index (χ2n) is 9.26. The monoisotopic (exact) mass is 618 g/mol. The molecular formula is C28H19ClN6O5S2. The highest BCUT2D eigenvalue weighted by Gasteiger charge is 2.49. The van der Waals surface area contributed by atoms with Crippen LogP contribution in [0.25, 0.3) is 11.4 Å². The number of rotatable bonds is 7. The van der Waals surface area contributed by atoms with E-state index >= 15 is 0 Å². The topological polar surface area (TPSA) is 144 Å². The number of nitrogens with zero attached hydrogens (tertiary/aromatic N) is 6. The van der Waals surface area contributed by atoms with Crippen molar-refractivity contribution in [1.82, 2.24) is 19.6 Å². The summed E-state index contributed by atoms with van der Waals surface area (Å²) < 4.78 is 2.18. The Hall–Kier alpha value is -4.59. The third kappa shape index (κ3) is 4.91. The van der Waals surface area contributed by atoms with E-state index in [9.17, 15) is 24.8 Å². The minimum Gasteiger partial charge on any atom is -0.505 e. The lowest BCUT2D eigenvalue weighted by Crippen LogP contribution is -2.29. The van der Waals surface area contributed by atoms with E-state index in [-0.39, 0.29) is 22.1 Å². The summed E-state index contributed by atoms with van der Waals surface area (Å²) in [5.74, 6) is -1.68. The normalized spacial score (nSPS) is 16.4. The van der Waals surface area contributed by atoms with Crippen molar-refractivity contribution in [2.45, 2.75) is 23.1 Å². The molecule has 1 aliphatic heterocycles. The lowest BCUT2D eigenvalue weighted by molar-refractivity contribution is -0.384. The minimum atomic E-state index is -1.12. The van der Waals surface area contributed by atoms with Gasteiger partial charge in [-0.05, 0) is 54.4 Å². The summed E-state index contributed by atoms with van der Waals surface area (Å²) in [6, 6.07) is 17.0. The van der Waals surface area contributed by atoms with E-state index < -0.39 is 28.4 Å². The van der Waals surface area contributed by atoms with Crippen LogP contribution < -0.4 is 4.90 Å². The SMILES string of the molecule is Cc1nc2ccccn2c1C(O)=C1C(=O)C(=O)N(c2nnc(SCc3ccc(Cl)cc3)s2)C1c1ccc([N+](=O)[O-])cc1. The number of aromatic nitrogens is 4. The molecule has 1 amide bonds. The number of non-ortho nitro benzene ring substituents is 1. The number of fused-ring (bicyclic) bond motifs is 1. The van der Waals surface area contributed by atoms with Crippen molar-refractivity contribution >= 4 is 68.6 Å². The Labute approximate surface area is 251 Å². The highest BCUT2D eigenvalue weighted by Crippen LogP contribution is 2.44. The first-order chi connectivity index (χ1) is 20.2. The molecule has 6 rings (SSSR count). The van der Waals surface area contributed by atoms with Gasteiger partial charge in [0.15, 0.2) is 10.1 Å². The first-order valence-corrected chi connectivity index (χ1v) is 14.6. The number of aliphatic hydroxyl groups is 1. The Morgan fingerprint density at radius 2 is 1.83 bits per heavy atom. The van der Waals surface area contributed by atoms with Gasteiger partial charge in [0.05, 0.1) is 22.2 Å². The molecule has 0 aliphatic carbocycles. The number of aliphatic hydroxyl groups excluding tert-OH is 1. The minimum absolute atomic E-state index is 0.146. The molecule has 14 heteroatoms. The molecule has 0 bridgehead atoms. The number of imidazole rings is 1. The van der Waals surface area contributed by atoms with Crippen molar-refractivity contribution in [3.63, 3.8) is 0 Å². The molecule has 3 aromatic heterocycles. The maximum absolute atomic E-state index is 13.6. The quantitative estimate of drug-likeness (QED) is 0.0443. The number of benzene rings is 2. The van der Waals surface area contributed by atoms with Gasteiger partial charge in [0.25, 0.3) is 11.5 Å². The number of hydrogen-bond acceptors (Lipinski definition) is 10. The zero-order valence-electron chi connectivity index (χ0n) is 21.7. The van der Waals surface area contributed by atoms with Gasteiger partial charge in [0.2, 0.25) is 5.13 Å². The van der Waals surface area contributed by atoms with Gasteiger partial charge in [0.1, 0.15) is 11.3 Å². The lowest BCUT2D eigenvalue weighted by Gasteiger charge is -2.22. The first kappa shape index (κ1) is 27.6. The number of aryl methyl sites for hydroxylation is 1. The van der Waals surface area contributed by atoms with Crippen LogP contribution in [0.15, 0.2) is 82.8 Å². The fraction of sp³-hybridized carbons (Fsp3) is 0.107. The smallest absolute Gasteiger partial charge is 0.301 e.